The number of piperazine rings is 1. The quantitative estimate of drug-likeness (QED) is 0.828. The van der Waals surface area contributed by atoms with Gasteiger partial charge in [0.2, 0.25) is 5.95 Å². The van der Waals surface area contributed by atoms with Crippen molar-refractivity contribution in [1.82, 2.24) is 14.9 Å². The van der Waals surface area contributed by atoms with Crippen molar-refractivity contribution in [3.8, 4) is 0 Å². The van der Waals surface area contributed by atoms with E-state index in [9.17, 15) is 4.79 Å². The van der Waals surface area contributed by atoms with E-state index in [4.69, 9.17) is 10.7 Å². The summed E-state index contributed by atoms with van der Waals surface area (Å²) in [5.41, 5.74) is 9.76. The standard InChI is InChI=1S/C18H23N5O/c19-14-6-4-13(5-7-14)12-22-8-10-23(11-9-22)18-20-16-3-1-2-15(16)17(24)21-18/h4-7H,1-3,8-12,19H2,(H,20,21,24). The van der Waals surface area contributed by atoms with Crippen LogP contribution >= 0.6 is 0 Å². The molecule has 0 atom stereocenters. The minimum absolute atomic E-state index is 0.0526. The number of nitrogens with zero attached hydrogens (tertiary/aromatic N) is 3. The molecule has 1 aliphatic carbocycles. The van der Waals surface area contributed by atoms with Crippen molar-refractivity contribution in [2.45, 2.75) is 25.8 Å². The van der Waals surface area contributed by atoms with E-state index < -0.39 is 0 Å². The fourth-order valence-corrected chi connectivity index (χ4v) is 3.58. The molecule has 2 aliphatic rings. The van der Waals surface area contributed by atoms with E-state index in [-0.39, 0.29) is 5.56 Å². The largest absolute Gasteiger partial charge is 0.399 e. The topological polar surface area (TPSA) is 78.2 Å². The molecule has 2 heterocycles. The summed E-state index contributed by atoms with van der Waals surface area (Å²) in [6, 6.07) is 8.07. The third kappa shape index (κ3) is 3.01. The smallest absolute Gasteiger partial charge is 0.255 e. The first-order chi connectivity index (χ1) is 11.7. The number of hydrogen-bond donors (Lipinski definition) is 2. The molecule has 1 aliphatic heterocycles. The Morgan fingerprint density at radius 3 is 2.58 bits per heavy atom. The van der Waals surface area contributed by atoms with Crippen LogP contribution in [0.4, 0.5) is 11.6 Å². The molecule has 0 saturated carbocycles. The number of anilines is 2. The lowest BCUT2D eigenvalue weighted by Crippen LogP contribution is -2.47. The molecule has 3 N–H and O–H groups in total. The number of benzene rings is 1. The molecule has 0 spiro atoms. The summed E-state index contributed by atoms with van der Waals surface area (Å²) >= 11 is 0. The van der Waals surface area contributed by atoms with Gasteiger partial charge >= 0.3 is 0 Å². The summed E-state index contributed by atoms with van der Waals surface area (Å²) in [6.07, 6.45) is 2.85. The van der Waals surface area contributed by atoms with Crippen LogP contribution in [-0.2, 0) is 19.4 Å². The Hall–Kier alpha value is -2.34. The highest BCUT2D eigenvalue weighted by molar-refractivity contribution is 5.39. The molecule has 1 fully saturated rings. The predicted octanol–water partition coefficient (Wildman–Crippen LogP) is 1.16. The van der Waals surface area contributed by atoms with Crippen molar-refractivity contribution in [3.63, 3.8) is 0 Å². The molecule has 6 heteroatoms. The average Bonchev–Trinajstić information content (AvgIpc) is 3.07. The number of H-pyrrole nitrogens is 1. The summed E-state index contributed by atoms with van der Waals surface area (Å²) in [5.74, 6) is 0.743. The SMILES string of the molecule is Nc1ccc(CN2CCN(c3nc4c(c(=O)[nH]3)CCC4)CC2)cc1. The van der Waals surface area contributed by atoms with Gasteiger partial charge in [-0.05, 0) is 37.0 Å². The van der Waals surface area contributed by atoms with Gasteiger partial charge in [-0.15, -0.1) is 0 Å². The van der Waals surface area contributed by atoms with E-state index in [1.165, 1.54) is 5.56 Å². The maximum absolute atomic E-state index is 12.2. The number of nitrogen functional groups attached to an aromatic ring is 1. The zero-order chi connectivity index (χ0) is 16.5. The van der Waals surface area contributed by atoms with E-state index in [1.54, 1.807) is 0 Å². The maximum atomic E-state index is 12.2. The second kappa shape index (κ2) is 6.28. The Morgan fingerprint density at radius 2 is 1.83 bits per heavy atom. The minimum atomic E-state index is 0.0526. The molecule has 1 aromatic carbocycles. The van der Waals surface area contributed by atoms with Crippen molar-refractivity contribution >= 4 is 11.6 Å². The number of aromatic nitrogens is 2. The molecule has 1 aromatic heterocycles. The van der Waals surface area contributed by atoms with Crippen LogP contribution in [0.1, 0.15) is 23.2 Å². The van der Waals surface area contributed by atoms with Gasteiger partial charge in [0.25, 0.3) is 5.56 Å². The van der Waals surface area contributed by atoms with Gasteiger partial charge in [0.05, 0.1) is 5.69 Å². The Balaban J connectivity index is 1.40. The second-order valence-electron chi connectivity index (χ2n) is 6.67. The maximum Gasteiger partial charge on any atom is 0.255 e. The number of nitrogens with two attached hydrogens (primary N) is 1. The molecule has 1 saturated heterocycles. The molecule has 0 radical (unpaired) electrons. The summed E-state index contributed by atoms with van der Waals surface area (Å²) < 4.78 is 0. The third-order valence-electron chi connectivity index (χ3n) is 4.99. The fraction of sp³-hybridized carbons (Fsp3) is 0.444. The Morgan fingerprint density at radius 1 is 1.08 bits per heavy atom. The number of aromatic amines is 1. The third-order valence-corrected chi connectivity index (χ3v) is 4.99. The van der Waals surface area contributed by atoms with E-state index in [0.29, 0.717) is 0 Å². The van der Waals surface area contributed by atoms with Crippen LogP contribution in [0.25, 0.3) is 0 Å². The number of aryl methyl sites for hydroxylation is 1. The molecule has 0 unspecified atom stereocenters. The van der Waals surface area contributed by atoms with Gasteiger partial charge in [0, 0.05) is 44.0 Å². The highest BCUT2D eigenvalue weighted by Crippen LogP contribution is 2.19. The van der Waals surface area contributed by atoms with Gasteiger partial charge in [-0.3, -0.25) is 14.7 Å². The first-order valence-corrected chi connectivity index (χ1v) is 8.63. The molecule has 24 heavy (non-hydrogen) atoms. The van der Waals surface area contributed by atoms with E-state index >= 15 is 0 Å². The van der Waals surface area contributed by atoms with Gasteiger partial charge in [0.1, 0.15) is 0 Å². The van der Waals surface area contributed by atoms with E-state index in [0.717, 1.165) is 74.9 Å². The predicted molar refractivity (Wildman–Crippen MR) is 95.2 cm³/mol. The Bertz CT molecular complexity index is 775. The molecule has 2 aromatic rings. The number of nitrogens with one attached hydrogen (secondary N) is 1. The zero-order valence-electron chi connectivity index (χ0n) is 13.8. The fourth-order valence-electron chi connectivity index (χ4n) is 3.58. The highest BCUT2D eigenvalue weighted by atomic mass is 16.1. The number of hydrogen-bond acceptors (Lipinski definition) is 5. The molecule has 0 amide bonds. The van der Waals surface area contributed by atoms with Crippen LogP contribution in [0.5, 0.6) is 0 Å². The van der Waals surface area contributed by atoms with Gasteiger partial charge in [-0.2, -0.15) is 0 Å². The van der Waals surface area contributed by atoms with Crippen LogP contribution in [0, 0.1) is 0 Å². The van der Waals surface area contributed by atoms with Crippen molar-refractivity contribution in [2.75, 3.05) is 36.8 Å². The van der Waals surface area contributed by atoms with Crippen LogP contribution in [-0.4, -0.2) is 41.0 Å². The van der Waals surface area contributed by atoms with Gasteiger partial charge in [0.15, 0.2) is 0 Å². The molecule has 6 nitrogen and oxygen atoms in total. The van der Waals surface area contributed by atoms with Crippen LogP contribution in [0.3, 0.4) is 0 Å². The zero-order valence-corrected chi connectivity index (χ0v) is 13.8. The second-order valence-corrected chi connectivity index (χ2v) is 6.67. The lowest BCUT2D eigenvalue weighted by atomic mass is 10.2. The van der Waals surface area contributed by atoms with Crippen LogP contribution in [0.15, 0.2) is 29.1 Å². The van der Waals surface area contributed by atoms with Gasteiger partial charge in [-0.25, -0.2) is 4.98 Å². The number of fused-ring (bicyclic) bond motifs is 1. The monoisotopic (exact) mass is 325 g/mol. The molecular weight excluding hydrogens is 302 g/mol. The summed E-state index contributed by atoms with van der Waals surface area (Å²) in [4.78, 5) is 24.5. The van der Waals surface area contributed by atoms with Crippen LogP contribution < -0.4 is 16.2 Å². The molecule has 126 valence electrons. The van der Waals surface area contributed by atoms with Crippen molar-refractivity contribution in [3.05, 3.63) is 51.4 Å². The average molecular weight is 325 g/mol. The van der Waals surface area contributed by atoms with Gasteiger partial charge in [-0.1, -0.05) is 12.1 Å². The van der Waals surface area contributed by atoms with Crippen molar-refractivity contribution < 1.29 is 0 Å². The van der Waals surface area contributed by atoms with Crippen molar-refractivity contribution in [1.29, 1.82) is 0 Å². The Kier molecular flexibility index (Phi) is 3.98. The lowest BCUT2D eigenvalue weighted by Gasteiger charge is -2.35. The van der Waals surface area contributed by atoms with E-state index in [1.807, 2.05) is 12.1 Å². The molecule has 0 bridgehead atoms. The number of rotatable bonds is 3. The highest BCUT2D eigenvalue weighted by Gasteiger charge is 2.22. The van der Waals surface area contributed by atoms with Gasteiger partial charge < -0.3 is 10.6 Å². The summed E-state index contributed by atoms with van der Waals surface area (Å²) in [5, 5.41) is 0. The minimum Gasteiger partial charge on any atom is -0.399 e. The van der Waals surface area contributed by atoms with E-state index in [2.05, 4.69) is 26.9 Å². The first-order valence-electron chi connectivity index (χ1n) is 8.63. The van der Waals surface area contributed by atoms with Crippen LogP contribution in [0.2, 0.25) is 0 Å². The molecular formula is C18H23N5O. The summed E-state index contributed by atoms with van der Waals surface area (Å²) in [6.45, 7) is 4.63. The summed E-state index contributed by atoms with van der Waals surface area (Å²) in [7, 11) is 0. The normalized spacial score (nSPS) is 17.9. The van der Waals surface area contributed by atoms with Crippen molar-refractivity contribution in [2.24, 2.45) is 0 Å². The Labute approximate surface area is 141 Å². The lowest BCUT2D eigenvalue weighted by molar-refractivity contribution is 0.248. The molecule has 4 rings (SSSR count). The first kappa shape index (κ1) is 15.2.